The molecule has 1 heterocycles. The number of hydrogen-bond acceptors (Lipinski definition) is 1. The highest BCUT2D eigenvalue weighted by atomic mass is 15.1. The van der Waals surface area contributed by atoms with Gasteiger partial charge in [0.05, 0.1) is 11.4 Å². The first kappa shape index (κ1) is 21.3. The van der Waals surface area contributed by atoms with Crippen LogP contribution in [0.3, 0.4) is 0 Å². The zero-order valence-electron chi connectivity index (χ0n) is 18.9. The Hall–Kier alpha value is -3.94. The standard InChI is InChI=1S/C31H27N/c1-6-12-22(3)24(5)30-21-28(19-25(30)7-2)32-18-11-10-13-23(4)29-17-16-27(20-31(29)32)26-14-8-9-15-26/h2,6,8-14,16-20,22,24H,4H2,1,3,5H3/b12-6-,13-10-,18-11-. The first-order valence-electron chi connectivity index (χ1n) is 11.0. The van der Waals surface area contributed by atoms with Crippen LogP contribution in [-0.2, 0) is 0 Å². The highest BCUT2D eigenvalue weighted by molar-refractivity contribution is 5.88. The molecule has 1 heteroatoms. The van der Waals surface area contributed by atoms with Crippen molar-refractivity contribution in [1.82, 2.24) is 0 Å². The van der Waals surface area contributed by atoms with E-state index in [2.05, 4.69) is 98.3 Å². The van der Waals surface area contributed by atoms with Gasteiger partial charge in [-0.3, -0.25) is 0 Å². The SMILES string of the molecule is C#CC1=CC(N2/C=C\C=C/C(=C)c3ccc(C4=C=CC=C4)cc32)=C=C1C(C)C(C)/C=C\C. The molecule has 0 aromatic heterocycles. The first-order chi connectivity index (χ1) is 15.5. The molecule has 2 unspecified atom stereocenters. The number of benzene rings is 1. The second kappa shape index (κ2) is 9.05. The molecule has 0 N–H and O–H groups in total. The second-order valence-corrected chi connectivity index (χ2v) is 8.21. The number of anilines is 1. The molecule has 1 nitrogen and oxygen atoms in total. The average Bonchev–Trinajstić information content (AvgIpc) is 3.47. The Labute approximate surface area is 191 Å². The van der Waals surface area contributed by atoms with E-state index in [1.54, 1.807) is 0 Å². The van der Waals surface area contributed by atoms with Gasteiger partial charge in [0, 0.05) is 28.5 Å². The minimum absolute atomic E-state index is 0.268. The van der Waals surface area contributed by atoms with Crippen molar-refractivity contribution in [3.8, 4) is 12.3 Å². The maximum Gasteiger partial charge on any atom is 0.0901 e. The Bertz CT molecular complexity index is 1300. The summed E-state index contributed by atoms with van der Waals surface area (Å²) in [5.74, 6) is 3.52. The van der Waals surface area contributed by atoms with Crippen molar-refractivity contribution >= 4 is 16.8 Å². The Balaban J connectivity index is 1.88. The molecule has 0 fully saturated rings. The van der Waals surface area contributed by atoms with Gasteiger partial charge in [-0.2, -0.15) is 0 Å². The number of allylic oxidation sites excluding steroid dienone is 11. The van der Waals surface area contributed by atoms with Gasteiger partial charge in [0.2, 0.25) is 0 Å². The summed E-state index contributed by atoms with van der Waals surface area (Å²) < 4.78 is 0. The van der Waals surface area contributed by atoms with Crippen molar-refractivity contribution in [2.45, 2.75) is 20.8 Å². The van der Waals surface area contributed by atoms with E-state index in [1.165, 1.54) is 0 Å². The molecule has 0 radical (unpaired) electrons. The lowest BCUT2D eigenvalue weighted by Gasteiger charge is -2.25. The average molecular weight is 414 g/mol. The minimum atomic E-state index is 0.268. The Morgan fingerprint density at radius 1 is 1.16 bits per heavy atom. The third-order valence-corrected chi connectivity index (χ3v) is 6.14. The highest BCUT2D eigenvalue weighted by Gasteiger charge is 2.24. The summed E-state index contributed by atoms with van der Waals surface area (Å²) >= 11 is 0. The normalized spacial score (nSPS) is 20.6. The van der Waals surface area contributed by atoms with Gasteiger partial charge in [-0.05, 0) is 60.3 Å². The Morgan fingerprint density at radius 3 is 2.72 bits per heavy atom. The van der Waals surface area contributed by atoms with Crippen molar-refractivity contribution in [2.75, 3.05) is 4.90 Å². The fourth-order valence-corrected chi connectivity index (χ4v) is 4.16. The van der Waals surface area contributed by atoms with Gasteiger partial charge in [-0.25, -0.2) is 0 Å². The molecule has 2 atom stereocenters. The summed E-state index contributed by atoms with van der Waals surface area (Å²) in [6.45, 7) is 10.8. The van der Waals surface area contributed by atoms with Crippen molar-refractivity contribution in [3.05, 3.63) is 125 Å². The molecule has 156 valence electrons. The quantitative estimate of drug-likeness (QED) is 0.274. The van der Waals surface area contributed by atoms with Gasteiger partial charge in [-0.15, -0.1) is 12.2 Å². The van der Waals surface area contributed by atoms with Crippen LogP contribution in [0.1, 0.15) is 31.9 Å². The summed E-state index contributed by atoms with van der Waals surface area (Å²) in [7, 11) is 0. The maximum atomic E-state index is 5.91. The molecule has 0 saturated heterocycles. The van der Waals surface area contributed by atoms with Crippen LogP contribution in [0.4, 0.5) is 5.69 Å². The summed E-state index contributed by atoms with van der Waals surface area (Å²) in [5, 5.41) is 0. The smallest absolute Gasteiger partial charge is 0.0901 e. The Kier molecular flexibility index (Phi) is 6.02. The molecule has 1 aromatic carbocycles. The first-order valence-corrected chi connectivity index (χ1v) is 11.0. The molecule has 3 aliphatic rings. The number of fused-ring (bicyclic) bond motifs is 1. The van der Waals surface area contributed by atoms with E-state index in [-0.39, 0.29) is 5.92 Å². The van der Waals surface area contributed by atoms with Gasteiger partial charge in [-0.1, -0.05) is 74.6 Å². The highest BCUT2D eigenvalue weighted by Crippen LogP contribution is 2.38. The number of nitrogens with zero attached hydrogens (tertiary/aromatic N) is 1. The van der Waals surface area contributed by atoms with E-state index >= 15 is 0 Å². The monoisotopic (exact) mass is 413 g/mol. The molecule has 0 bridgehead atoms. The number of hydrogen-bond donors (Lipinski definition) is 0. The molecule has 4 rings (SSSR count). The molecule has 0 saturated carbocycles. The van der Waals surface area contributed by atoms with Gasteiger partial charge in [0.25, 0.3) is 0 Å². The molecule has 32 heavy (non-hydrogen) atoms. The molecular formula is C31H27N. The van der Waals surface area contributed by atoms with E-state index in [1.807, 2.05) is 30.4 Å². The van der Waals surface area contributed by atoms with Crippen LogP contribution in [0.2, 0.25) is 0 Å². The predicted molar refractivity (Wildman–Crippen MR) is 137 cm³/mol. The molecule has 0 amide bonds. The van der Waals surface area contributed by atoms with Crippen LogP contribution >= 0.6 is 0 Å². The zero-order valence-corrected chi connectivity index (χ0v) is 18.9. The molecule has 1 aromatic rings. The van der Waals surface area contributed by atoms with Crippen LogP contribution in [0.25, 0.3) is 11.1 Å². The lowest BCUT2D eigenvalue weighted by Crippen LogP contribution is -2.15. The summed E-state index contributed by atoms with van der Waals surface area (Å²) in [6, 6.07) is 6.45. The van der Waals surface area contributed by atoms with E-state index in [9.17, 15) is 0 Å². The van der Waals surface area contributed by atoms with E-state index < -0.39 is 0 Å². The third kappa shape index (κ3) is 3.99. The lowest BCUT2D eigenvalue weighted by molar-refractivity contribution is 0.537. The van der Waals surface area contributed by atoms with E-state index in [0.717, 1.165) is 44.8 Å². The summed E-state index contributed by atoms with van der Waals surface area (Å²) in [4.78, 5) is 2.16. The lowest BCUT2D eigenvalue weighted by atomic mass is 9.86. The Morgan fingerprint density at radius 2 is 2.00 bits per heavy atom. The van der Waals surface area contributed by atoms with Crippen molar-refractivity contribution in [2.24, 2.45) is 11.8 Å². The van der Waals surface area contributed by atoms with Crippen molar-refractivity contribution in [3.63, 3.8) is 0 Å². The number of rotatable bonds is 5. The summed E-state index contributed by atoms with van der Waals surface area (Å²) in [5.41, 5.74) is 15.1. The van der Waals surface area contributed by atoms with Gasteiger partial charge >= 0.3 is 0 Å². The second-order valence-electron chi connectivity index (χ2n) is 8.21. The maximum absolute atomic E-state index is 5.91. The molecular weight excluding hydrogens is 386 g/mol. The van der Waals surface area contributed by atoms with E-state index in [0.29, 0.717) is 5.92 Å². The fraction of sp³-hybridized carbons (Fsp3) is 0.161. The molecule has 2 aliphatic carbocycles. The van der Waals surface area contributed by atoms with Crippen molar-refractivity contribution < 1.29 is 0 Å². The topological polar surface area (TPSA) is 3.24 Å². The van der Waals surface area contributed by atoms with Gasteiger partial charge in [0.1, 0.15) is 0 Å². The van der Waals surface area contributed by atoms with E-state index in [4.69, 9.17) is 6.42 Å². The van der Waals surface area contributed by atoms with Gasteiger partial charge in [0.15, 0.2) is 0 Å². The molecule has 1 aliphatic heterocycles. The largest absolute Gasteiger partial charge is 0.310 e. The van der Waals surface area contributed by atoms with Crippen molar-refractivity contribution in [1.29, 1.82) is 0 Å². The van der Waals surface area contributed by atoms with Crippen LogP contribution < -0.4 is 4.90 Å². The zero-order chi connectivity index (χ0) is 22.7. The van der Waals surface area contributed by atoms with Crippen LogP contribution in [0.5, 0.6) is 0 Å². The number of terminal acetylenes is 1. The predicted octanol–water partition coefficient (Wildman–Crippen LogP) is 7.53. The van der Waals surface area contributed by atoms with Crippen LogP contribution in [0, 0.1) is 24.2 Å². The van der Waals surface area contributed by atoms with Gasteiger partial charge < -0.3 is 4.90 Å². The van der Waals surface area contributed by atoms with Crippen LogP contribution in [0.15, 0.2) is 114 Å². The minimum Gasteiger partial charge on any atom is -0.310 e. The third-order valence-electron chi connectivity index (χ3n) is 6.14. The summed E-state index contributed by atoms with van der Waals surface area (Å²) in [6.07, 6.45) is 26.5. The fourth-order valence-electron chi connectivity index (χ4n) is 4.16. The van der Waals surface area contributed by atoms with Crippen LogP contribution in [-0.4, -0.2) is 0 Å². The molecule has 0 spiro atoms.